The number of thioether (sulfide) groups is 1. The van der Waals surface area contributed by atoms with Crippen molar-refractivity contribution in [1.82, 2.24) is 16.0 Å². The molecule has 4 atom stereocenters. The number of carbonyl (C=O) groups excluding carboxylic acids is 3. The minimum Gasteiger partial charge on any atom is -0.480 e. The maximum Gasteiger partial charge on any atom is 0.325 e. The first kappa shape index (κ1) is 26.1. The molecule has 10 nitrogen and oxygen atoms in total. The molecule has 0 spiro atoms. The predicted octanol–water partition coefficient (Wildman–Crippen LogP) is -1.23. The van der Waals surface area contributed by atoms with Crippen LogP contribution in [0.1, 0.15) is 39.5 Å². The number of nitrogens with one attached hydrogen (secondary N) is 3. The van der Waals surface area contributed by atoms with Crippen LogP contribution in [0.2, 0.25) is 0 Å². The maximum absolute atomic E-state index is 12.4. The highest BCUT2D eigenvalue weighted by Gasteiger charge is 2.27. The zero-order chi connectivity index (χ0) is 21.7. The van der Waals surface area contributed by atoms with Gasteiger partial charge < -0.3 is 32.5 Å². The van der Waals surface area contributed by atoms with E-state index in [0.29, 0.717) is 32.2 Å². The third-order valence-electron chi connectivity index (χ3n) is 4.03. The summed E-state index contributed by atoms with van der Waals surface area (Å²) >= 11 is 1.57. The molecule has 4 unspecified atom stereocenters. The lowest BCUT2D eigenvalue weighted by atomic mass is 10.1. The zero-order valence-electron chi connectivity index (χ0n) is 16.7. The molecule has 0 aromatic heterocycles. The number of unbranched alkanes of at least 4 members (excludes halogenated alkanes) is 1. The molecule has 0 aliphatic carbocycles. The Labute approximate surface area is 169 Å². The van der Waals surface area contributed by atoms with E-state index in [1.807, 2.05) is 6.26 Å². The Balaban J connectivity index is 4.84. The van der Waals surface area contributed by atoms with Gasteiger partial charge in [-0.05, 0) is 58.1 Å². The van der Waals surface area contributed by atoms with Crippen LogP contribution >= 0.6 is 11.8 Å². The molecule has 28 heavy (non-hydrogen) atoms. The number of hydrogen-bond donors (Lipinski definition) is 6. The van der Waals surface area contributed by atoms with E-state index in [2.05, 4.69) is 16.0 Å². The molecule has 0 saturated carbocycles. The van der Waals surface area contributed by atoms with Gasteiger partial charge in [-0.3, -0.25) is 19.2 Å². The fourth-order valence-corrected chi connectivity index (χ4v) is 2.69. The maximum atomic E-state index is 12.4. The Morgan fingerprint density at radius 1 is 0.929 bits per heavy atom. The summed E-state index contributed by atoms with van der Waals surface area (Å²) in [7, 11) is 0. The van der Waals surface area contributed by atoms with Gasteiger partial charge in [-0.15, -0.1) is 0 Å². The van der Waals surface area contributed by atoms with Crippen LogP contribution in [0.3, 0.4) is 0 Å². The van der Waals surface area contributed by atoms with Crippen molar-refractivity contribution >= 4 is 35.5 Å². The monoisotopic (exact) mass is 419 g/mol. The Hall–Kier alpha value is -1.85. The number of nitrogens with two attached hydrogens (primary N) is 2. The van der Waals surface area contributed by atoms with E-state index in [4.69, 9.17) is 16.6 Å². The average molecular weight is 420 g/mol. The Kier molecular flexibility index (Phi) is 13.3. The molecule has 0 aliphatic heterocycles. The van der Waals surface area contributed by atoms with Crippen molar-refractivity contribution in [3.8, 4) is 0 Å². The van der Waals surface area contributed by atoms with Crippen LogP contribution in [-0.4, -0.2) is 71.5 Å². The topological polar surface area (TPSA) is 177 Å². The lowest BCUT2D eigenvalue weighted by Gasteiger charge is -2.23. The number of carbonyl (C=O) groups is 4. The molecule has 11 heteroatoms. The quantitative estimate of drug-likeness (QED) is 0.190. The zero-order valence-corrected chi connectivity index (χ0v) is 17.5. The van der Waals surface area contributed by atoms with Crippen LogP contribution in [0.15, 0.2) is 0 Å². The number of hydrogen-bond acceptors (Lipinski definition) is 7. The predicted molar refractivity (Wildman–Crippen MR) is 109 cm³/mol. The van der Waals surface area contributed by atoms with Crippen LogP contribution in [0.5, 0.6) is 0 Å². The van der Waals surface area contributed by atoms with Gasteiger partial charge in [-0.25, -0.2) is 0 Å². The van der Waals surface area contributed by atoms with Crippen LogP contribution in [0.25, 0.3) is 0 Å². The Morgan fingerprint density at radius 2 is 1.54 bits per heavy atom. The van der Waals surface area contributed by atoms with Gasteiger partial charge in [0.15, 0.2) is 0 Å². The third kappa shape index (κ3) is 10.5. The molecule has 0 aliphatic rings. The van der Waals surface area contributed by atoms with Gasteiger partial charge in [0.25, 0.3) is 0 Å². The van der Waals surface area contributed by atoms with E-state index in [0.717, 1.165) is 5.75 Å². The molecule has 162 valence electrons. The first-order chi connectivity index (χ1) is 13.1. The smallest absolute Gasteiger partial charge is 0.325 e. The molecule has 0 aromatic rings. The van der Waals surface area contributed by atoms with E-state index in [1.165, 1.54) is 13.8 Å². The van der Waals surface area contributed by atoms with Gasteiger partial charge in [0.05, 0.1) is 6.04 Å². The van der Waals surface area contributed by atoms with Crippen molar-refractivity contribution in [2.75, 3.05) is 18.6 Å². The summed E-state index contributed by atoms with van der Waals surface area (Å²) in [4.78, 5) is 47.7. The molecule has 0 radical (unpaired) electrons. The minimum atomic E-state index is -1.18. The molecular formula is C17H33N5O5S. The first-order valence-corrected chi connectivity index (χ1v) is 10.6. The molecule has 0 saturated heterocycles. The van der Waals surface area contributed by atoms with Crippen LogP contribution in [0, 0.1) is 0 Å². The average Bonchev–Trinajstić information content (AvgIpc) is 2.64. The second-order valence-electron chi connectivity index (χ2n) is 6.53. The van der Waals surface area contributed by atoms with Crippen LogP contribution in [0.4, 0.5) is 0 Å². The van der Waals surface area contributed by atoms with E-state index >= 15 is 0 Å². The fourth-order valence-electron chi connectivity index (χ4n) is 2.20. The highest BCUT2D eigenvalue weighted by molar-refractivity contribution is 7.98. The van der Waals surface area contributed by atoms with Crippen molar-refractivity contribution in [1.29, 1.82) is 0 Å². The second kappa shape index (κ2) is 14.2. The minimum absolute atomic E-state index is 0.301. The van der Waals surface area contributed by atoms with Crippen molar-refractivity contribution in [3.63, 3.8) is 0 Å². The van der Waals surface area contributed by atoms with E-state index in [1.54, 1.807) is 11.8 Å². The Morgan fingerprint density at radius 3 is 2.07 bits per heavy atom. The van der Waals surface area contributed by atoms with Gasteiger partial charge in [-0.2, -0.15) is 11.8 Å². The van der Waals surface area contributed by atoms with Crippen molar-refractivity contribution in [3.05, 3.63) is 0 Å². The lowest BCUT2D eigenvalue weighted by molar-refractivity contribution is -0.141. The Bertz CT molecular complexity index is 534. The van der Waals surface area contributed by atoms with Crippen molar-refractivity contribution in [2.24, 2.45) is 11.5 Å². The summed E-state index contributed by atoms with van der Waals surface area (Å²) in [6.07, 6.45) is 3.93. The second-order valence-corrected chi connectivity index (χ2v) is 7.52. The molecule has 0 bridgehead atoms. The number of amides is 3. The molecule has 0 fully saturated rings. The van der Waals surface area contributed by atoms with Gasteiger partial charge in [0.2, 0.25) is 17.7 Å². The van der Waals surface area contributed by atoms with Gasteiger partial charge in [-0.1, -0.05) is 0 Å². The van der Waals surface area contributed by atoms with Gasteiger partial charge >= 0.3 is 5.97 Å². The molecule has 8 N–H and O–H groups in total. The highest BCUT2D eigenvalue weighted by Crippen LogP contribution is 2.03. The van der Waals surface area contributed by atoms with Gasteiger partial charge in [0, 0.05) is 0 Å². The highest BCUT2D eigenvalue weighted by atomic mass is 32.2. The normalized spacial score (nSPS) is 15.0. The first-order valence-electron chi connectivity index (χ1n) is 9.22. The van der Waals surface area contributed by atoms with E-state index in [-0.39, 0.29) is 0 Å². The number of rotatable bonds is 14. The lowest BCUT2D eigenvalue weighted by Crippen LogP contribution is -2.56. The summed E-state index contributed by atoms with van der Waals surface area (Å²) in [6.45, 7) is 3.26. The van der Waals surface area contributed by atoms with Crippen molar-refractivity contribution in [2.45, 2.75) is 63.7 Å². The molecule has 0 heterocycles. The molecule has 0 rings (SSSR count). The molecular weight excluding hydrogens is 386 g/mol. The third-order valence-corrected chi connectivity index (χ3v) is 4.67. The summed E-state index contributed by atoms with van der Waals surface area (Å²) in [5, 5.41) is 16.4. The van der Waals surface area contributed by atoms with E-state index < -0.39 is 47.9 Å². The van der Waals surface area contributed by atoms with Gasteiger partial charge in [0.1, 0.15) is 18.1 Å². The van der Waals surface area contributed by atoms with Crippen LogP contribution in [-0.2, 0) is 19.2 Å². The van der Waals surface area contributed by atoms with E-state index in [9.17, 15) is 19.2 Å². The summed E-state index contributed by atoms with van der Waals surface area (Å²) < 4.78 is 0. The molecule has 0 aromatic carbocycles. The SMILES string of the molecule is CSCCC(N)C(=O)NC(C)C(=O)NC(CCCCN)C(=O)NC(C)C(=O)O. The fraction of sp³-hybridized carbons (Fsp3) is 0.765. The largest absolute Gasteiger partial charge is 0.480 e. The van der Waals surface area contributed by atoms with Crippen molar-refractivity contribution < 1.29 is 24.3 Å². The summed E-state index contributed by atoms with van der Waals surface area (Å²) in [5.74, 6) is -2.06. The number of carboxylic acid groups (broad SMARTS) is 1. The number of aliphatic carboxylic acids is 1. The number of carboxylic acids is 1. The van der Waals surface area contributed by atoms with Crippen LogP contribution < -0.4 is 27.4 Å². The summed E-state index contributed by atoms with van der Waals surface area (Å²) in [5.41, 5.74) is 11.2. The molecule has 3 amide bonds. The summed E-state index contributed by atoms with van der Waals surface area (Å²) in [6, 6.07) is -3.63. The standard InChI is InChI=1S/C17H33N5O5S/c1-10(20-15(24)12(19)7-9-28-3)14(23)22-13(6-4-5-8-18)16(25)21-11(2)17(26)27/h10-13H,4-9,18-19H2,1-3H3,(H,20,24)(H,21,25)(H,22,23)(H,26,27).